The molecule has 0 radical (unpaired) electrons. The fourth-order valence-electron chi connectivity index (χ4n) is 4.72. The molecule has 31 heavy (non-hydrogen) atoms. The van der Waals surface area contributed by atoms with Crippen molar-refractivity contribution in [2.45, 2.75) is 50.7 Å². The van der Waals surface area contributed by atoms with Crippen molar-refractivity contribution in [2.75, 3.05) is 0 Å². The van der Waals surface area contributed by atoms with Gasteiger partial charge >= 0.3 is 0 Å². The molecule has 5 nitrogen and oxygen atoms in total. The van der Waals surface area contributed by atoms with Crippen molar-refractivity contribution >= 4 is 23.4 Å². The molecule has 8 heteroatoms. The molecule has 4 atom stereocenters. The molecule has 2 aliphatic carbocycles. The molecule has 1 aliphatic heterocycles. The summed E-state index contributed by atoms with van der Waals surface area (Å²) < 4.78 is 28.6. The molecule has 1 saturated heterocycles. The van der Waals surface area contributed by atoms with Gasteiger partial charge < -0.3 is 10.2 Å². The lowest BCUT2D eigenvalue weighted by molar-refractivity contribution is -0.126. The first-order chi connectivity index (χ1) is 14.8. The molecule has 0 bridgehead atoms. The summed E-state index contributed by atoms with van der Waals surface area (Å²) in [7, 11) is 0. The van der Waals surface area contributed by atoms with Gasteiger partial charge in [-0.2, -0.15) is 0 Å². The third kappa shape index (κ3) is 3.80. The zero-order valence-electron chi connectivity index (χ0n) is 16.9. The van der Waals surface area contributed by atoms with Gasteiger partial charge in [-0.1, -0.05) is 11.6 Å². The summed E-state index contributed by atoms with van der Waals surface area (Å²) in [6.07, 6.45) is 4.70. The minimum Gasteiger partial charge on any atom is -0.347 e. The first kappa shape index (κ1) is 20.4. The Balaban J connectivity index is 1.39. The molecule has 162 valence electrons. The lowest BCUT2D eigenvalue weighted by Crippen LogP contribution is -2.49. The number of amides is 2. The lowest BCUT2D eigenvalue weighted by atomic mass is 10.00. The van der Waals surface area contributed by atoms with E-state index in [1.807, 2.05) is 6.92 Å². The second kappa shape index (κ2) is 7.55. The van der Waals surface area contributed by atoms with E-state index in [9.17, 15) is 18.4 Å². The molecule has 1 aromatic heterocycles. The van der Waals surface area contributed by atoms with Crippen LogP contribution >= 0.6 is 11.6 Å². The van der Waals surface area contributed by atoms with Crippen LogP contribution in [-0.4, -0.2) is 33.8 Å². The zero-order valence-corrected chi connectivity index (χ0v) is 17.7. The summed E-state index contributed by atoms with van der Waals surface area (Å²) in [5.74, 6) is -1.52. The summed E-state index contributed by atoms with van der Waals surface area (Å²) in [5, 5.41) is 2.63. The number of fused-ring (bicyclic) bond motifs is 1. The number of benzene rings is 1. The number of pyridine rings is 1. The van der Waals surface area contributed by atoms with Gasteiger partial charge in [0.15, 0.2) is 0 Å². The third-order valence-electron chi connectivity index (χ3n) is 6.55. The summed E-state index contributed by atoms with van der Waals surface area (Å²) in [6, 6.07) is 4.17. The van der Waals surface area contributed by atoms with Crippen LogP contribution in [-0.2, 0) is 4.79 Å². The Labute approximate surface area is 183 Å². The van der Waals surface area contributed by atoms with Gasteiger partial charge in [-0.15, -0.1) is 0 Å². The van der Waals surface area contributed by atoms with E-state index < -0.39 is 23.7 Å². The molecule has 2 amide bonds. The number of rotatable bonds is 5. The highest BCUT2D eigenvalue weighted by Crippen LogP contribution is 2.49. The lowest BCUT2D eigenvalue weighted by Gasteiger charge is -2.29. The number of aryl methyl sites for hydroxylation is 1. The third-order valence-corrected chi connectivity index (χ3v) is 6.84. The molecule has 2 saturated carbocycles. The second-order valence-corrected chi connectivity index (χ2v) is 9.23. The standard InChI is InChI=1S/C23H22ClF2N3O2/c1-11-6-13(4-5-27-11)23(31)29-19-7-14(19)8-20(29)22(30)28-21(12-2-3-12)15-9-18(26)16(24)10-17(15)25/h4-6,9-10,12,14,19-21H,2-3,7-8H2,1H3,(H,28,30)/t14-,19-,20-,21-/m1/s1. The molecule has 5 rings (SSSR count). The SMILES string of the molecule is Cc1cc(C(=O)N2[C@@H](C(=O)N[C@@H](c3cc(F)c(Cl)cc3F)C3CC3)C[C@H]3C[C@H]32)ccn1. The van der Waals surface area contributed by atoms with Crippen LogP contribution in [0.4, 0.5) is 8.78 Å². The predicted molar refractivity (Wildman–Crippen MR) is 110 cm³/mol. The van der Waals surface area contributed by atoms with Gasteiger partial charge in [0.25, 0.3) is 5.91 Å². The van der Waals surface area contributed by atoms with E-state index in [0.29, 0.717) is 17.9 Å². The van der Waals surface area contributed by atoms with Crippen molar-refractivity contribution in [2.24, 2.45) is 11.8 Å². The van der Waals surface area contributed by atoms with E-state index in [-0.39, 0.29) is 34.4 Å². The predicted octanol–water partition coefficient (Wildman–Crippen LogP) is 4.19. The van der Waals surface area contributed by atoms with Crippen LogP contribution in [0.5, 0.6) is 0 Å². The van der Waals surface area contributed by atoms with Gasteiger partial charge in [-0.3, -0.25) is 14.6 Å². The summed E-state index contributed by atoms with van der Waals surface area (Å²) >= 11 is 5.69. The molecular weight excluding hydrogens is 424 g/mol. The van der Waals surface area contributed by atoms with Crippen LogP contribution in [0.1, 0.15) is 53.3 Å². The number of hydrogen-bond acceptors (Lipinski definition) is 3. The molecule has 1 aromatic carbocycles. The van der Waals surface area contributed by atoms with Crippen molar-refractivity contribution in [3.63, 3.8) is 0 Å². The molecule has 0 unspecified atom stereocenters. The van der Waals surface area contributed by atoms with E-state index in [4.69, 9.17) is 11.6 Å². The molecule has 0 spiro atoms. The van der Waals surface area contributed by atoms with Gasteiger partial charge in [0, 0.05) is 29.1 Å². The van der Waals surface area contributed by atoms with Crippen LogP contribution in [0.3, 0.4) is 0 Å². The van der Waals surface area contributed by atoms with Crippen molar-refractivity contribution in [1.29, 1.82) is 0 Å². The number of halogens is 3. The number of aromatic nitrogens is 1. The highest BCUT2D eigenvalue weighted by Gasteiger charge is 2.56. The largest absolute Gasteiger partial charge is 0.347 e. The van der Waals surface area contributed by atoms with Crippen molar-refractivity contribution in [3.8, 4) is 0 Å². The van der Waals surface area contributed by atoms with E-state index in [1.54, 1.807) is 23.2 Å². The fourth-order valence-corrected chi connectivity index (χ4v) is 4.87. The molecule has 2 aromatic rings. The topological polar surface area (TPSA) is 62.3 Å². The van der Waals surface area contributed by atoms with Crippen molar-refractivity contribution in [3.05, 3.63) is 63.9 Å². The van der Waals surface area contributed by atoms with Crippen LogP contribution in [0.15, 0.2) is 30.5 Å². The number of nitrogens with zero attached hydrogens (tertiary/aromatic N) is 2. The van der Waals surface area contributed by atoms with Gasteiger partial charge in [0.05, 0.1) is 11.1 Å². The number of nitrogens with one attached hydrogen (secondary N) is 1. The minimum absolute atomic E-state index is 0.0435. The van der Waals surface area contributed by atoms with Crippen LogP contribution in [0.25, 0.3) is 0 Å². The van der Waals surface area contributed by atoms with E-state index in [2.05, 4.69) is 10.3 Å². The second-order valence-electron chi connectivity index (χ2n) is 8.82. The maximum absolute atomic E-state index is 14.6. The van der Waals surface area contributed by atoms with Gasteiger partial charge in [0.1, 0.15) is 17.7 Å². The van der Waals surface area contributed by atoms with E-state index in [0.717, 1.165) is 37.1 Å². The van der Waals surface area contributed by atoms with E-state index >= 15 is 0 Å². The van der Waals surface area contributed by atoms with Crippen molar-refractivity contribution in [1.82, 2.24) is 15.2 Å². The van der Waals surface area contributed by atoms with E-state index in [1.165, 1.54) is 0 Å². The minimum atomic E-state index is -0.718. The molecular formula is C23H22ClF2N3O2. The summed E-state index contributed by atoms with van der Waals surface area (Å²) in [6.45, 7) is 1.81. The molecule has 2 heterocycles. The number of hydrogen-bond donors (Lipinski definition) is 1. The Morgan fingerprint density at radius 2 is 1.97 bits per heavy atom. The molecule has 3 fully saturated rings. The van der Waals surface area contributed by atoms with Crippen molar-refractivity contribution < 1.29 is 18.4 Å². The van der Waals surface area contributed by atoms with Crippen LogP contribution < -0.4 is 5.32 Å². The highest BCUT2D eigenvalue weighted by molar-refractivity contribution is 6.30. The maximum Gasteiger partial charge on any atom is 0.254 e. The summed E-state index contributed by atoms with van der Waals surface area (Å²) in [5.41, 5.74) is 1.33. The fraction of sp³-hybridized carbons (Fsp3) is 0.435. The normalized spacial score (nSPS) is 25.2. The monoisotopic (exact) mass is 445 g/mol. The summed E-state index contributed by atoms with van der Waals surface area (Å²) in [4.78, 5) is 32.2. The average Bonchev–Trinajstić information content (AvgIpc) is 3.66. The number of piperidine rings is 1. The van der Waals surface area contributed by atoms with Gasteiger partial charge in [0.2, 0.25) is 5.91 Å². The number of carbonyl (C=O) groups excluding carboxylic acids is 2. The number of carbonyl (C=O) groups is 2. The zero-order chi connectivity index (χ0) is 21.9. The quantitative estimate of drug-likeness (QED) is 0.702. The molecule has 3 aliphatic rings. The van der Waals surface area contributed by atoms with Crippen LogP contribution in [0, 0.1) is 30.4 Å². The Morgan fingerprint density at radius 3 is 2.68 bits per heavy atom. The Hall–Kier alpha value is -2.54. The Kier molecular flexibility index (Phi) is 4.96. The van der Waals surface area contributed by atoms with Crippen LogP contribution in [0.2, 0.25) is 5.02 Å². The Morgan fingerprint density at radius 1 is 1.19 bits per heavy atom. The average molecular weight is 446 g/mol. The maximum atomic E-state index is 14.6. The highest BCUT2D eigenvalue weighted by atomic mass is 35.5. The van der Waals surface area contributed by atoms with Gasteiger partial charge in [-0.25, -0.2) is 8.78 Å². The molecule has 1 N–H and O–H groups in total. The number of likely N-dealkylation sites (tertiary alicyclic amines) is 1. The first-order valence-electron chi connectivity index (χ1n) is 10.5. The Bertz CT molecular complexity index is 1070. The van der Waals surface area contributed by atoms with Gasteiger partial charge in [-0.05, 0) is 68.7 Å². The smallest absolute Gasteiger partial charge is 0.254 e. The first-order valence-corrected chi connectivity index (χ1v) is 10.9.